The first-order valence-corrected chi connectivity index (χ1v) is 22.4. The molecule has 0 aliphatic heterocycles. The third-order valence-corrected chi connectivity index (χ3v) is 15.2. The molecule has 2 nitrogen and oxygen atoms in total. The second kappa shape index (κ2) is 12.2. The van der Waals surface area contributed by atoms with Crippen LogP contribution in [0.2, 0.25) is 0 Å². The van der Waals surface area contributed by atoms with Gasteiger partial charge in [-0.05, 0) is 127 Å². The Bertz CT molecular complexity index is 3610. The van der Waals surface area contributed by atoms with Gasteiger partial charge in [0.05, 0.1) is 32.9 Å². The summed E-state index contributed by atoms with van der Waals surface area (Å²) in [6, 6.07) is 87.4. The summed E-state index contributed by atoms with van der Waals surface area (Å²) in [7, 11) is 0. The van der Waals surface area contributed by atoms with Gasteiger partial charge >= 0.3 is 0 Å². The fourth-order valence-electron chi connectivity index (χ4n) is 12.9. The van der Waals surface area contributed by atoms with Crippen LogP contribution in [0.15, 0.2) is 231 Å². The van der Waals surface area contributed by atoms with Crippen LogP contribution in [0.5, 0.6) is 0 Å². The zero-order chi connectivity index (χ0) is 41.7. The van der Waals surface area contributed by atoms with Crippen LogP contribution >= 0.6 is 0 Å². The normalized spacial score (nSPS) is 14.5. The minimum absolute atomic E-state index is 0.647. The highest BCUT2D eigenvalue weighted by molar-refractivity contribution is 6.13. The third-order valence-electron chi connectivity index (χ3n) is 15.2. The fourth-order valence-corrected chi connectivity index (χ4v) is 12.9. The summed E-state index contributed by atoms with van der Waals surface area (Å²) < 4.78 is 5.00. The lowest BCUT2D eigenvalue weighted by atomic mass is 9.52. The first-order chi connectivity index (χ1) is 31.8. The second-order valence-electron chi connectivity index (χ2n) is 17.9. The minimum Gasteiger partial charge on any atom is -0.309 e. The molecule has 2 heterocycles. The van der Waals surface area contributed by atoms with Crippen molar-refractivity contribution in [1.29, 1.82) is 0 Å². The van der Waals surface area contributed by atoms with Crippen molar-refractivity contribution in [2.24, 2.45) is 0 Å². The fraction of sp³-hybridized carbons (Fsp3) is 0.0323. The smallest absolute Gasteiger partial charge is 0.0721 e. The first kappa shape index (κ1) is 34.4. The van der Waals surface area contributed by atoms with Gasteiger partial charge in [0.15, 0.2) is 0 Å². The molecular weight excluding hydrogens is 773 g/mol. The molecule has 0 unspecified atom stereocenters. The summed E-state index contributed by atoms with van der Waals surface area (Å²) in [6.07, 6.45) is 0. The topological polar surface area (TPSA) is 9.86 Å². The van der Waals surface area contributed by atoms with Gasteiger partial charge in [0.1, 0.15) is 0 Å². The average molecular weight is 811 g/mol. The Labute approximate surface area is 370 Å². The molecule has 0 atom stereocenters. The van der Waals surface area contributed by atoms with E-state index in [-0.39, 0.29) is 0 Å². The van der Waals surface area contributed by atoms with Crippen molar-refractivity contribution in [1.82, 2.24) is 9.13 Å². The zero-order valence-corrected chi connectivity index (χ0v) is 34.8. The lowest BCUT2D eigenvalue weighted by molar-refractivity contribution is 0.635. The summed E-state index contributed by atoms with van der Waals surface area (Å²) in [5, 5.41) is 5.03. The van der Waals surface area contributed by atoms with Gasteiger partial charge in [0.25, 0.3) is 0 Å². The molecule has 2 aromatic heterocycles. The number of benzene rings is 10. The van der Waals surface area contributed by atoms with Crippen LogP contribution in [-0.2, 0) is 10.8 Å². The first-order valence-electron chi connectivity index (χ1n) is 22.4. The number of para-hydroxylation sites is 4. The van der Waals surface area contributed by atoms with Gasteiger partial charge in [-0.1, -0.05) is 170 Å². The van der Waals surface area contributed by atoms with Gasteiger partial charge in [-0.3, -0.25) is 0 Å². The Balaban J connectivity index is 1.23. The maximum Gasteiger partial charge on any atom is 0.0721 e. The van der Waals surface area contributed by atoms with Crippen LogP contribution < -0.4 is 0 Å². The Hall–Kier alpha value is -8.20. The molecule has 0 N–H and O–H groups in total. The predicted molar refractivity (Wildman–Crippen MR) is 263 cm³/mol. The Morgan fingerprint density at radius 2 is 0.516 bits per heavy atom. The number of hydrogen-bond donors (Lipinski definition) is 0. The lowest BCUT2D eigenvalue weighted by Crippen LogP contribution is -2.44. The van der Waals surface area contributed by atoms with Crippen LogP contribution in [0.25, 0.3) is 77.2 Å². The SMILES string of the molecule is c1ccc(-n2c3ccccc3c3cc4c(cc32)C2(c3ccccc3-c3ccccc32)c2cc3c5ccccc5n(-c5ccccc5)c3cc2C42c3ccccc3-c3ccccc32)cc1. The van der Waals surface area contributed by atoms with Gasteiger partial charge in [-0.2, -0.15) is 0 Å². The molecule has 15 rings (SSSR count). The highest BCUT2D eigenvalue weighted by Crippen LogP contribution is 2.68. The largest absolute Gasteiger partial charge is 0.309 e. The monoisotopic (exact) mass is 810 g/mol. The summed E-state index contributed by atoms with van der Waals surface area (Å²) in [4.78, 5) is 0. The molecule has 0 fully saturated rings. The molecule has 2 heteroatoms. The van der Waals surface area contributed by atoms with E-state index in [9.17, 15) is 0 Å². The van der Waals surface area contributed by atoms with E-state index in [1.165, 1.54) is 110 Å². The zero-order valence-electron chi connectivity index (χ0n) is 34.8. The van der Waals surface area contributed by atoms with E-state index < -0.39 is 10.8 Å². The highest BCUT2D eigenvalue weighted by atomic mass is 15.0. The molecule has 296 valence electrons. The van der Waals surface area contributed by atoms with Gasteiger partial charge < -0.3 is 9.13 Å². The summed E-state index contributed by atoms with van der Waals surface area (Å²) in [5.41, 5.74) is 21.8. The van der Waals surface area contributed by atoms with Gasteiger partial charge in [0, 0.05) is 32.9 Å². The molecule has 64 heavy (non-hydrogen) atoms. The average Bonchev–Trinajstić information content (AvgIpc) is 4.06. The van der Waals surface area contributed by atoms with Gasteiger partial charge in [-0.25, -0.2) is 0 Å². The molecule has 0 radical (unpaired) electrons. The van der Waals surface area contributed by atoms with Crippen molar-refractivity contribution < 1.29 is 0 Å². The summed E-state index contributed by atoms with van der Waals surface area (Å²) in [5.74, 6) is 0. The second-order valence-corrected chi connectivity index (χ2v) is 17.9. The molecule has 0 saturated carbocycles. The predicted octanol–water partition coefficient (Wildman–Crippen LogP) is 14.9. The lowest BCUT2D eigenvalue weighted by Gasteiger charge is -2.49. The van der Waals surface area contributed by atoms with E-state index in [1.54, 1.807) is 0 Å². The van der Waals surface area contributed by atoms with E-state index in [1.807, 2.05) is 0 Å². The van der Waals surface area contributed by atoms with E-state index in [4.69, 9.17) is 0 Å². The number of nitrogens with zero attached hydrogens (tertiary/aromatic N) is 2. The van der Waals surface area contributed by atoms with Crippen LogP contribution in [0.4, 0.5) is 0 Å². The molecular formula is C62H38N2. The standard InChI is InChI=1S/C62H38N2/c1-3-19-39(20-4-1)63-57-33-17-11-27-45(57)47-35-53-55(37-59(47)63)61(49-29-13-7-23-41(49)42-24-8-14-30-50(42)61)54-36-48-46-28-12-18-34-58(46)64(40-21-5-2-6-22-40)60(48)38-56(54)62(53)51-31-15-9-25-43(51)44-26-10-16-32-52(44)62/h1-38H. The van der Waals surface area contributed by atoms with E-state index in [0.29, 0.717) is 0 Å². The van der Waals surface area contributed by atoms with Crippen molar-refractivity contribution in [3.8, 4) is 33.6 Å². The minimum atomic E-state index is -0.647. The molecule has 0 amide bonds. The highest BCUT2D eigenvalue weighted by Gasteiger charge is 2.59. The van der Waals surface area contributed by atoms with Crippen LogP contribution in [0, 0.1) is 0 Å². The Morgan fingerprint density at radius 3 is 0.891 bits per heavy atom. The van der Waals surface area contributed by atoms with Crippen molar-refractivity contribution >= 4 is 43.6 Å². The number of hydrogen-bond acceptors (Lipinski definition) is 0. The Morgan fingerprint density at radius 1 is 0.219 bits per heavy atom. The molecule has 0 bridgehead atoms. The maximum absolute atomic E-state index is 2.62. The molecule has 2 spiro atoms. The number of rotatable bonds is 2. The van der Waals surface area contributed by atoms with Crippen molar-refractivity contribution in [2.75, 3.05) is 0 Å². The molecule has 3 aliphatic rings. The molecule has 3 aliphatic carbocycles. The van der Waals surface area contributed by atoms with Crippen molar-refractivity contribution in [3.63, 3.8) is 0 Å². The third kappa shape index (κ3) is 3.99. The van der Waals surface area contributed by atoms with Crippen LogP contribution in [0.3, 0.4) is 0 Å². The number of aromatic nitrogens is 2. The van der Waals surface area contributed by atoms with Crippen LogP contribution in [0.1, 0.15) is 44.5 Å². The number of fused-ring (bicyclic) bond motifs is 22. The van der Waals surface area contributed by atoms with Gasteiger partial charge in [0.2, 0.25) is 0 Å². The van der Waals surface area contributed by atoms with Crippen LogP contribution in [-0.4, -0.2) is 9.13 Å². The van der Waals surface area contributed by atoms with E-state index in [0.717, 1.165) is 11.4 Å². The quantitative estimate of drug-likeness (QED) is 0.165. The molecule has 12 aromatic rings. The molecule has 10 aromatic carbocycles. The summed E-state index contributed by atoms with van der Waals surface area (Å²) in [6.45, 7) is 0. The van der Waals surface area contributed by atoms with Crippen molar-refractivity contribution in [2.45, 2.75) is 10.8 Å². The Kier molecular flexibility index (Phi) is 6.58. The van der Waals surface area contributed by atoms with Crippen molar-refractivity contribution in [3.05, 3.63) is 275 Å². The van der Waals surface area contributed by atoms with E-state index >= 15 is 0 Å². The maximum atomic E-state index is 2.62. The summed E-state index contributed by atoms with van der Waals surface area (Å²) >= 11 is 0. The van der Waals surface area contributed by atoms with Gasteiger partial charge in [-0.15, -0.1) is 0 Å². The molecule has 0 saturated heterocycles. The van der Waals surface area contributed by atoms with E-state index in [2.05, 4.69) is 240 Å².